The van der Waals surface area contributed by atoms with Gasteiger partial charge in [-0.3, -0.25) is 9.59 Å². The number of nitrogens with one attached hydrogen (secondary N) is 2. The van der Waals surface area contributed by atoms with Crippen molar-refractivity contribution in [2.45, 2.75) is 13.0 Å². The fourth-order valence-electron chi connectivity index (χ4n) is 2.48. The summed E-state index contributed by atoms with van der Waals surface area (Å²) in [6.07, 6.45) is 1.37. The summed E-state index contributed by atoms with van der Waals surface area (Å²) in [6.45, 7) is 1.79. The van der Waals surface area contributed by atoms with E-state index in [-0.39, 0.29) is 6.04 Å². The van der Waals surface area contributed by atoms with Crippen molar-refractivity contribution >= 4 is 18.0 Å². The fourth-order valence-corrected chi connectivity index (χ4v) is 2.48. The van der Waals surface area contributed by atoms with E-state index < -0.39 is 11.8 Å². The second kappa shape index (κ2) is 9.96. The van der Waals surface area contributed by atoms with Crippen molar-refractivity contribution in [3.05, 3.63) is 53.6 Å². The molecule has 0 aromatic heterocycles. The Labute approximate surface area is 163 Å². The lowest BCUT2D eigenvalue weighted by Crippen LogP contribution is -2.39. The molecule has 0 aliphatic rings. The molecule has 148 valence electrons. The highest BCUT2D eigenvalue weighted by Gasteiger charge is 2.16. The largest absolute Gasteiger partial charge is 0.493 e. The molecule has 8 heteroatoms. The lowest BCUT2D eigenvalue weighted by Gasteiger charge is -2.13. The second-order valence-electron chi connectivity index (χ2n) is 5.76. The second-order valence-corrected chi connectivity index (χ2v) is 5.76. The quantitative estimate of drug-likeness (QED) is 0.432. The van der Waals surface area contributed by atoms with Gasteiger partial charge in [-0.05, 0) is 24.6 Å². The predicted octanol–water partition coefficient (Wildman–Crippen LogP) is 2.04. The molecule has 0 aliphatic heterocycles. The van der Waals surface area contributed by atoms with Gasteiger partial charge in [0.15, 0.2) is 11.5 Å². The first kappa shape index (κ1) is 20.8. The zero-order valence-corrected chi connectivity index (χ0v) is 16.2. The average molecular weight is 385 g/mol. The summed E-state index contributed by atoms with van der Waals surface area (Å²) in [5.74, 6) is -0.307. The number of carbonyl (C=O) groups excluding carboxylic acids is 2. The first-order chi connectivity index (χ1) is 13.5. The Kier molecular flexibility index (Phi) is 7.38. The van der Waals surface area contributed by atoms with Crippen LogP contribution >= 0.6 is 0 Å². The van der Waals surface area contributed by atoms with Gasteiger partial charge in [0.05, 0.1) is 33.6 Å². The van der Waals surface area contributed by atoms with Crippen LogP contribution in [0.2, 0.25) is 0 Å². The van der Waals surface area contributed by atoms with Crippen molar-refractivity contribution in [2.75, 3.05) is 21.3 Å². The number of hydrogen-bond donors (Lipinski definition) is 2. The Morgan fingerprint density at radius 1 is 0.964 bits per heavy atom. The van der Waals surface area contributed by atoms with Crippen LogP contribution in [0, 0.1) is 0 Å². The molecule has 0 fully saturated rings. The monoisotopic (exact) mass is 385 g/mol. The molecular formula is C20H23N3O5. The van der Waals surface area contributed by atoms with Crippen molar-refractivity contribution in [1.82, 2.24) is 10.7 Å². The highest BCUT2D eigenvalue weighted by Crippen LogP contribution is 2.37. The van der Waals surface area contributed by atoms with Crippen molar-refractivity contribution in [3.8, 4) is 17.2 Å². The van der Waals surface area contributed by atoms with Crippen LogP contribution in [0.25, 0.3) is 0 Å². The summed E-state index contributed by atoms with van der Waals surface area (Å²) in [6, 6.07) is 12.3. The van der Waals surface area contributed by atoms with Crippen molar-refractivity contribution in [2.24, 2.45) is 5.10 Å². The SMILES string of the molecule is COc1cc(C=NNC(=O)C(=O)NC(C)c2ccccc2)cc(OC)c1OC. The first-order valence-electron chi connectivity index (χ1n) is 8.49. The Morgan fingerprint density at radius 3 is 2.11 bits per heavy atom. The van der Waals surface area contributed by atoms with E-state index >= 15 is 0 Å². The summed E-state index contributed by atoms with van der Waals surface area (Å²) >= 11 is 0. The molecule has 2 N–H and O–H groups in total. The number of amides is 2. The van der Waals surface area contributed by atoms with E-state index in [1.54, 1.807) is 19.1 Å². The summed E-state index contributed by atoms with van der Waals surface area (Å²) in [7, 11) is 4.50. The average Bonchev–Trinajstić information content (AvgIpc) is 2.73. The van der Waals surface area contributed by atoms with Crippen LogP contribution < -0.4 is 25.0 Å². The molecule has 1 unspecified atom stereocenters. The maximum atomic E-state index is 12.0. The lowest BCUT2D eigenvalue weighted by molar-refractivity contribution is -0.139. The number of hydrazone groups is 1. The van der Waals surface area contributed by atoms with Crippen LogP contribution in [0.15, 0.2) is 47.6 Å². The molecule has 0 saturated carbocycles. The molecule has 0 spiro atoms. The summed E-state index contributed by atoms with van der Waals surface area (Å²) in [5, 5.41) is 6.43. The van der Waals surface area contributed by atoms with Gasteiger partial charge in [0.25, 0.3) is 0 Å². The van der Waals surface area contributed by atoms with Crippen LogP contribution in [-0.4, -0.2) is 39.4 Å². The minimum Gasteiger partial charge on any atom is -0.493 e. The minimum absolute atomic E-state index is 0.307. The molecule has 2 amide bonds. The zero-order chi connectivity index (χ0) is 20.5. The Bertz CT molecular complexity index is 827. The number of carbonyl (C=O) groups is 2. The molecule has 2 rings (SSSR count). The van der Waals surface area contributed by atoms with Gasteiger partial charge >= 0.3 is 11.8 Å². The lowest BCUT2D eigenvalue weighted by atomic mass is 10.1. The van der Waals surface area contributed by atoms with Crippen LogP contribution in [0.4, 0.5) is 0 Å². The molecule has 28 heavy (non-hydrogen) atoms. The van der Waals surface area contributed by atoms with E-state index in [4.69, 9.17) is 14.2 Å². The van der Waals surface area contributed by atoms with Gasteiger partial charge in [0.2, 0.25) is 5.75 Å². The Balaban J connectivity index is 2.00. The van der Waals surface area contributed by atoms with Gasteiger partial charge in [-0.1, -0.05) is 30.3 Å². The molecule has 2 aromatic carbocycles. The Hall–Kier alpha value is -3.55. The van der Waals surface area contributed by atoms with Gasteiger partial charge in [0, 0.05) is 5.56 Å². The third-order valence-electron chi connectivity index (χ3n) is 3.92. The molecule has 8 nitrogen and oxygen atoms in total. The molecular weight excluding hydrogens is 362 g/mol. The van der Waals surface area contributed by atoms with E-state index in [1.165, 1.54) is 27.5 Å². The molecule has 0 aliphatic carbocycles. The Morgan fingerprint density at radius 2 is 1.57 bits per heavy atom. The van der Waals surface area contributed by atoms with Crippen LogP contribution in [0.5, 0.6) is 17.2 Å². The highest BCUT2D eigenvalue weighted by atomic mass is 16.5. The van der Waals surface area contributed by atoms with E-state index in [2.05, 4.69) is 15.8 Å². The van der Waals surface area contributed by atoms with E-state index in [0.717, 1.165) is 5.56 Å². The number of rotatable bonds is 7. The molecule has 0 saturated heterocycles. The predicted molar refractivity (Wildman–Crippen MR) is 105 cm³/mol. The van der Waals surface area contributed by atoms with E-state index in [0.29, 0.717) is 22.8 Å². The third kappa shape index (κ3) is 5.23. The summed E-state index contributed by atoms with van der Waals surface area (Å²) in [5.41, 5.74) is 3.68. The maximum Gasteiger partial charge on any atom is 0.329 e. The highest BCUT2D eigenvalue weighted by molar-refractivity contribution is 6.35. The van der Waals surface area contributed by atoms with Crippen LogP contribution in [0.3, 0.4) is 0 Å². The standard InChI is InChI=1S/C20H23N3O5/c1-13(15-8-6-5-7-9-15)22-19(24)20(25)23-21-12-14-10-16(26-2)18(28-4)17(11-14)27-3/h5-13H,1-4H3,(H,22,24)(H,23,25). The molecule has 0 bridgehead atoms. The van der Waals surface area contributed by atoms with Gasteiger partial charge < -0.3 is 19.5 Å². The normalized spacial score (nSPS) is 11.6. The van der Waals surface area contributed by atoms with E-state index in [9.17, 15) is 9.59 Å². The van der Waals surface area contributed by atoms with Crippen molar-refractivity contribution < 1.29 is 23.8 Å². The van der Waals surface area contributed by atoms with Crippen molar-refractivity contribution in [1.29, 1.82) is 0 Å². The molecule has 2 aromatic rings. The number of ether oxygens (including phenoxy) is 3. The molecule has 0 heterocycles. The number of hydrogen-bond acceptors (Lipinski definition) is 6. The fraction of sp³-hybridized carbons (Fsp3) is 0.250. The number of benzene rings is 2. The smallest absolute Gasteiger partial charge is 0.329 e. The van der Waals surface area contributed by atoms with Crippen LogP contribution in [-0.2, 0) is 9.59 Å². The topological polar surface area (TPSA) is 98.2 Å². The summed E-state index contributed by atoms with van der Waals surface area (Å²) < 4.78 is 15.7. The summed E-state index contributed by atoms with van der Waals surface area (Å²) in [4.78, 5) is 23.9. The minimum atomic E-state index is -0.869. The van der Waals surface area contributed by atoms with Gasteiger partial charge in [0.1, 0.15) is 0 Å². The molecule has 0 radical (unpaired) electrons. The maximum absolute atomic E-state index is 12.0. The number of methoxy groups -OCH3 is 3. The molecule has 1 atom stereocenters. The van der Waals surface area contributed by atoms with Crippen LogP contribution in [0.1, 0.15) is 24.1 Å². The third-order valence-corrected chi connectivity index (χ3v) is 3.92. The number of nitrogens with zero attached hydrogens (tertiary/aromatic N) is 1. The van der Waals surface area contributed by atoms with E-state index in [1.807, 2.05) is 30.3 Å². The van der Waals surface area contributed by atoms with Crippen molar-refractivity contribution in [3.63, 3.8) is 0 Å². The van der Waals surface area contributed by atoms with Gasteiger partial charge in [-0.2, -0.15) is 5.10 Å². The van der Waals surface area contributed by atoms with Gasteiger partial charge in [-0.15, -0.1) is 0 Å². The zero-order valence-electron chi connectivity index (χ0n) is 16.2. The van der Waals surface area contributed by atoms with Gasteiger partial charge in [-0.25, -0.2) is 5.43 Å². The first-order valence-corrected chi connectivity index (χ1v) is 8.49.